The summed E-state index contributed by atoms with van der Waals surface area (Å²) in [4.78, 5) is 13.4. The lowest BCUT2D eigenvalue weighted by Gasteiger charge is -2.18. The number of sulfone groups is 1. The van der Waals surface area contributed by atoms with Gasteiger partial charge in [-0.3, -0.25) is 4.79 Å². The van der Waals surface area contributed by atoms with Gasteiger partial charge < -0.3 is 10.6 Å². The van der Waals surface area contributed by atoms with Crippen LogP contribution in [-0.4, -0.2) is 38.1 Å². The highest BCUT2D eigenvalue weighted by atomic mass is 32.2. The van der Waals surface area contributed by atoms with Gasteiger partial charge in [0.25, 0.3) is 0 Å². The first kappa shape index (κ1) is 16.7. The summed E-state index contributed by atoms with van der Waals surface area (Å²) >= 11 is 0. The van der Waals surface area contributed by atoms with Crippen LogP contribution in [0.2, 0.25) is 0 Å². The highest BCUT2D eigenvalue weighted by Gasteiger charge is 2.20. The van der Waals surface area contributed by atoms with Crippen molar-refractivity contribution in [2.45, 2.75) is 26.1 Å². The van der Waals surface area contributed by atoms with Crippen LogP contribution in [0, 0.1) is 0 Å². The van der Waals surface area contributed by atoms with Crippen molar-refractivity contribution in [3.05, 3.63) is 35.4 Å². The number of nitrogens with zero attached hydrogens (tertiary/aromatic N) is 1. The molecule has 20 heavy (non-hydrogen) atoms. The second kappa shape index (κ2) is 7.40. The van der Waals surface area contributed by atoms with Gasteiger partial charge in [0, 0.05) is 19.6 Å². The first-order chi connectivity index (χ1) is 9.41. The third-order valence-electron chi connectivity index (χ3n) is 3.10. The molecule has 5 nitrogen and oxygen atoms in total. The molecule has 2 N–H and O–H groups in total. The normalized spacial score (nSPS) is 11.3. The number of nitrogens with two attached hydrogens (primary N) is 1. The fourth-order valence-corrected chi connectivity index (χ4v) is 3.29. The summed E-state index contributed by atoms with van der Waals surface area (Å²) in [7, 11) is -3.44. The molecule has 0 radical (unpaired) electrons. The van der Waals surface area contributed by atoms with E-state index in [1.807, 2.05) is 13.8 Å². The van der Waals surface area contributed by atoms with E-state index in [9.17, 15) is 13.2 Å². The second-order valence-corrected chi connectivity index (χ2v) is 6.68. The van der Waals surface area contributed by atoms with Gasteiger partial charge >= 0.3 is 0 Å². The summed E-state index contributed by atoms with van der Waals surface area (Å²) in [6.07, 6.45) is 0. The number of carbonyl (C=O) groups excluding carboxylic acids is 1. The molecule has 0 aliphatic rings. The van der Waals surface area contributed by atoms with Crippen LogP contribution in [0.15, 0.2) is 24.3 Å². The van der Waals surface area contributed by atoms with Crippen molar-refractivity contribution in [2.75, 3.05) is 18.8 Å². The molecule has 1 aromatic rings. The SMILES string of the molecule is CCN(CC)C(=O)CS(=O)(=O)Cc1ccc(CN)cc1. The van der Waals surface area contributed by atoms with Crippen molar-refractivity contribution in [2.24, 2.45) is 5.73 Å². The van der Waals surface area contributed by atoms with Crippen LogP contribution >= 0.6 is 0 Å². The van der Waals surface area contributed by atoms with E-state index in [1.54, 1.807) is 24.3 Å². The van der Waals surface area contributed by atoms with Gasteiger partial charge in [-0.1, -0.05) is 24.3 Å². The molecule has 6 heteroatoms. The number of hydrogen-bond donors (Lipinski definition) is 1. The monoisotopic (exact) mass is 298 g/mol. The minimum atomic E-state index is -3.44. The van der Waals surface area contributed by atoms with Crippen LogP contribution in [0.1, 0.15) is 25.0 Å². The maximum atomic E-state index is 12.0. The highest BCUT2D eigenvalue weighted by molar-refractivity contribution is 7.91. The standard InChI is InChI=1S/C14H22N2O3S/c1-3-16(4-2)14(17)11-20(18,19)10-13-7-5-12(9-15)6-8-13/h5-8H,3-4,9-11,15H2,1-2H3. The summed E-state index contributed by atoms with van der Waals surface area (Å²) < 4.78 is 24.1. The van der Waals surface area contributed by atoms with Crippen molar-refractivity contribution in [1.29, 1.82) is 0 Å². The molecule has 1 rings (SSSR count). The zero-order valence-corrected chi connectivity index (χ0v) is 12.8. The molecular weight excluding hydrogens is 276 g/mol. The third kappa shape index (κ3) is 4.94. The van der Waals surface area contributed by atoms with Gasteiger partial charge in [0.1, 0.15) is 5.75 Å². The molecule has 112 valence electrons. The number of hydrogen-bond acceptors (Lipinski definition) is 4. The Bertz CT molecular complexity index is 534. The number of benzene rings is 1. The Morgan fingerprint density at radius 2 is 1.60 bits per heavy atom. The summed E-state index contributed by atoms with van der Waals surface area (Å²) in [6.45, 7) is 5.14. The molecule has 0 aliphatic carbocycles. The van der Waals surface area contributed by atoms with Crippen molar-refractivity contribution >= 4 is 15.7 Å². The smallest absolute Gasteiger partial charge is 0.237 e. The van der Waals surface area contributed by atoms with E-state index in [-0.39, 0.29) is 11.7 Å². The maximum Gasteiger partial charge on any atom is 0.237 e. The first-order valence-electron chi connectivity index (χ1n) is 6.68. The van der Waals surface area contributed by atoms with E-state index in [0.717, 1.165) is 5.56 Å². The van der Waals surface area contributed by atoms with Crippen LogP contribution in [0.3, 0.4) is 0 Å². The lowest BCUT2D eigenvalue weighted by molar-refractivity contribution is -0.128. The van der Waals surface area contributed by atoms with E-state index in [0.29, 0.717) is 25.2 Å². The number of amides is 1. The van der Waals surface area contributed by atoms with Crippen molar-refractivity contribution in [3.63, 3.8) is 0 Å². The lowest BCUT2D eigenvalue weighted by Crippen LogP contribution is -2.35. The van der Waals surface area contributed by atoms with Crippen LogP contribution in [-0.2, 0) is 26.9 Å². The summed E-state index contributed by atoms with van der Waals surface area (Å²) in [5.74, 6) is -0.897. The number of rotatable bonds is 7. The molecule has 0 saturated heterocycles. The largest absolute Gasteiger partial charge is 0.342 e. The minimum absolute atomic E-state index is 0.120. The molecule has 0 unspecified atom stereocenters. The second-order valence-electron chi connectivity index (χ2n) is 4.62. The van der Waals surface area contributed by atoms with Crippen LogP contribution < -0.4 is 5.73 Å². The van der Waals surface area contributed by atoms with Crippen molar-refractivity contribution in [1.82, 2.24) is 4.90 Å². The van der Waals surface area contributed by atoms with E-state index in [4.69, 9.17) is 5.73 Å². The average molecular weight is 298 g/mol. The Kier molecular flexibility index (Phi) is 6.16. The van der Waals surface area contributed by atoms with Crippen LogP contribution in [0.5, 0.6) is 0 Å². The van der Waals surface area contributed by atoms with Gasteiger partial charge in [0.2, 0.25) is 5.91 Å². The zero-order valence-electron chi connectivity index (χ0n) is 12.0. The predicted octanol–water partition coefficient (Wildman–Crippen LogP) is 0.929. The van der Waals surface area contributed by atoms with Gasteiger partial charge in [-0.25, -0.2) is 8.42 Å². The lowest BCUT2D eigenvalue weighted by atomic mass is 10.1. The summed E-state index contributed by atoms with van der Waals surface area (Å²) in [6, 6.07) is 7.08. The minimum Gasteiger partial charge on any atom is -0.342 e. The topological polar surface area (TPSA) is 80.5 Å². The Balaban J connectivity index is 2.71. The van der Waals surface area contributed by atoms with Crippen molar-refractivity contribution in [3.8, 4) is 0 Å². The van der Waals surface area contributed by atoms with Crippen LogP contribution in [0.4, 0.5) is 0 Å². The van der Waals surface area contributed by atoms with E-state index >= 15 is 0 Å². The summed E-state index contributed by atoms with van der Waals surface area (Å²) in [5.41, 5.74) is 7.11. The van der Waals surface area contributed by atoms with Gasteiger partial charge in [-0.2, -0.15) is 0 Å². The summed E-state index contributed by atoms with van der Waals surface area (Å²) in [5, 5.41) is 0. The fourth-order valence-electron chi connectivity index (χ4n) is 1.93. The quantitative estimate of drug-likeness (QED) is 0.812. The molecular formula is C14H22N2O3S. The predicted molar refractivity (Wildman–Crippen MR) is 79.8 cm³/mol. The van der Waals surface area contributed by atoms with E-state index in [2.05, 4.69) is 0 Å². The van der Waals surface area contributed by atoms with Crippen molar-refractivity contribution < 1.29 is 13.2 Å². The number of carbonyl (C=O) groups is 1. The molecule has 0 atom stereocenters. The van der Waals surface area contributed by atoms with E-state index in [1.165, 1.54) is 4.90 Å². The Morgan fingerprint density at radius 1 is 1.10 bits per heavy atom. The first-order valence-corrected chi connectivity index (χ1v) is 8.50. The maximum absolute atomic E-state index is 12.0. The third-order valence-corrected chi connectivity index (χ3v) is 4.56. The highest BCUT2D eigenvalue weighted by Crippen LogP contribution is 2.09. The van der Waals surface area contributed by atoms with Gasteiger partial charge in [-0.15, -0.1) is 0 Å². The van der Waals surface area contributed by atoms with E-state index < -0.39 is 15.6 Å². The Labute approximate surface area is 120 Å². The van der Waals surface area contributed by atoms with Gasteiger partial charge in [0.05, 0.1) is 5.75 Å². The molecule has 0 spiro atoms. The molecule has 0 aliphatic heterocycles. The molecule has 0 saturated carbocycles. The van der Waals surface area contributed by atoms with Gasteiger partial charge in [-0.05, 0) is 25.0 Å². The average Bonchev–Trinajstić information content (AvgIpc) is 2.39. The molecule has 0 aromatic heterocycles. The fraction of sp³-hybridized carbons (Fsp3) is 0.500. The Morgan fingerprint density at radius 3 is 2.05 bits per heavy atom. The molecule has 0 heterocycles. The molecule has 1 aromatic carbocycles. The zero-order chi connectivity index (χ0) is 15.2. The molecule has 0 bridgehead atoms. The van der Waals surface area contributed by atoms with Gasteiger partial charge in [0.15, 0.2) is 9.84 Å². The molecule has 1 amide bonds. The molecule has 0 fully saturated rings. The van der Waals surface area contributed by atoms with Crippen LogP contribution in [0.25, 0.3) is 0 Å². The Hall–Kier alpha value is -1.40.